The fraction of sp³-hybridized carbons (Fsp3) is 0.158. The highest BCUT2D eigenvalue weighted by atomic mass is 32.1. The minimum Gasteiger partial charge on any atom is -0.462 e. The number of esters is 1. The van der Waals surface area contributed by atoms with Gasteiger partial charge in [-0.1, -0.05) is 18.2 Å². The Labute approximate surface area is 158 Å². The van der Waals surface area contributed by atoms with Crippen molar-refractivity contribution in [2.75, 3.05) is 11.9 Å². The summed E-state index contributed by atoms with van der Waals surface area (Å²) in [7, 11) is 0. The lowest BCUT2D eigenvalue weighted by Gasteiger charge is -2.08. The first-order chi connectivity index (χ1) is 12.6. The van der Waals surface area contributed by atoms with Crippen molar-refractivity contribution in [1.29, 1.82) is 0 Å². The molecule has 7 heteroatoms. The number of ether oxygens (including phenoxy) is 1. The maximum absolute atomic E-state index is 13.0. The van der Waals surface area contributed by atoms with Gasteiger partial charge in [-0.25, -0.2) is 9.18 Å². The van der Waals surface area contributed by atoms with E-state index in [0.717, 1.165) is 10.4 Å². The molecule has 0 saturated heterocycles. The molecule has 0 radical (unpaired) electrons. The Bertz CT molecular complexity index is 902. The van der Waals surface area contributed by atoms with Gasteiger partial charge in [-0.15, -0.1) is 22.7 Å². The standard InChI is InChI=1S/C19H16FNO3S2/c1-2-24-19(23)17-14(15-4-3-9-25-15)11-26-18(17)21-16(22)10-12-5-7-13(20)8-6-12/h3-9,11H,2,10H2,1H3,(H,21,22). The van der Waals surface area contributed by atoms with Gasteiger partial charge in [0.1, 0.15) is 16.4 Å². The molecule has 0 bridgehead atoms. The molecule has 1 N–H and O–H groups in total. The van der Waals surface area contributed by atoms with E-state index in [1.54, 1.807) is 19.1 Å². The Kier molecular flexibility index (Phi) is 5.80. The lowest BCUT2D eigenvalue weighted by molar-refractivity contribution is -0.115. The molecular formula is C19H16FNO3S2. The molecule has 0 fully saturated rings. The molecule has 0 aliphatic rings. The Morgan fingerprint density at radius 1 is 1.15 bits per heavy atom. The summed E-state index contributed by atoms with van der Waals surface area (Å²) >= 11 is 2.80. The van der Waals surface area contributed by atoms with Crippen LogP contribution in [-0.4, -0.2) is 18.5 Å². The minimum absolute atomic E-state index is 0.0920. The molecular weight excluding hydrogens is 373 g/mol. The zero-order valence-corrected chi connectivity index (χ0v) is 15.6. The van der Waals surface area contributed by atoms with Gasteiger partial charge in [0.2, 0.25) is 5.91 Å². The normalized spacial score (nSPS) is 10.5. The van der Waals surface area contributed by atoms with Crippen molar-refractivity contribution < 1.29 is 18.7 Å². The number of benzene rings is 1. The highest BCUT2D eigenvalue weighted by Gasteiger charge is 2.23. The summed E-state index contributed by atoms with van der Waals surface area (Å²) in [5.74, 6) is -1.09. The molecule has 0 aliphatic heterocycles. The van der Waals surface area contributed by atoms with Crippen molar-refractivity contribution in [3.63, 3.8) is 0 Å². The second-order valence-corrected chi connectivity index (χ2v) is 7.23. The highest BCUT2D eigenvalue weighted by molar-refractivity contribution is 7.17. The maximum atomic E-state index is 13.0. The Balaban J connectivity index is 1.83. The van der Waals surface area contributed by atoms with Crippen LogP contribution in [0.1, 0.15) is 22.8 Å². The van der Waals surface area contributed by atoms with Crippen molar-refractivity contribution in [3.05, 3.63) is 64.1 Å². The van der Waals surface area contributed by atoms with Crippen molar-refractivity contribution in [2.45, 2.75) is 13.3 Å². The van der Waals surface area contributed by atoms with E-state index in [1.165, 1.54) is 34.8 Å². The predicted octanol–water partition coefficient (Wildman–Crippen LogP) is 4.97. The summed E-state index contributed by atoms with van der Waals surface area (Å²) in [5, 5.41) is 7.01. The van der Waals surface area contributed by atoms with Gasteiger partial charge in [-0.2, -0.15) is 0 Å². The van der Waals surface area contributed by atoms with Gasteiger partial charge in [-0.05, 0) is 36.1 Å². The first-order valence-corrected chi connectivity index (χ1v) is 9.71. The van der Waals surface area contributed by atoms with Gasteiger partial charge < -0.3 is 10.1 Å². The third-order valence-electron chi connectivity index (χ3n) is 3.59. The van der Waals surface area contributed by atoms with Crippen LogP contribution in [0.15, 0.2) is 47.2 Å². The van der Waals surface area contributed by atoms with Crippen molar-refractivity contribution >= 4 is 39.6 Å². The molecule has 0 saturated carbocycles. The number of carbonyl (C=O) groups is 2. The summed E-state index contributed by atoms with van der Waals surface area (Å²) in [6.07, 6.45) is 0.0920. The van der Waals surface area contributed by atoms with Crippen LogP contribution in [0.25, 0.3) is 10.4 Å². The predicted molar refractivity (Wildman–Crippen MR) is 102 cm³/mol. The van der Waals surface area contributed by atoms with Crippen molar-refractivity contribution in [1.82, 2.24) is 0 Å². The van der Waals surface area contributed by atoms with Gasteiger partial charge >= 0.3 is 5.97 Å². The van der Waals surface area contributed by atoms with E-state index in [0.29, 0.717) is 16.1 Å². The van der Waals surface area contributed by atoms with Crippen LogP contribution >= 0.6 is 22.7 Å². The number of nitrogens with one attached hydrogen (secondary N) is 1. The Hall–Kier alpha value is -2.51. The van der Waals surface area contributed by atoms with Gasteiger partial charge in [0, 0.05) is 15.8 Å². The molecule has 1 aromatic carbocycles. The Morgan fingerprint density at radius 2 is 1.92 bits per heavy atom. The number of halogens is 1. The minimum atomic E-state index is -0.464. The largest absolute Gasteiger partial charge is 0.462 e. The van der Waals surface area contributed by atoms with Crippen LogP contribution in [-0.2, 0) is 16.0 Å². The average Bonchev–Trinajstić information content (AvgIpc) is 3.26. The van der Waals surface area contributed by atoms with E-state index in [2.05, 4.69) is 5.32 Å². The molecule has 0 unspecified atom stereocenters. The summed E-state index contributed by atoms with van der Waals surface area (Å²) in [5.41, 5.74) is 1.81. The van der Waals surface area contributed by atoms with Crippen LogP contribution < -0.4 is 5.32 Å². The van der Waals surface area contributed by atoms with E-state index >= 15 is 0 Å². The first kappa shape index (κ1) is 18.3. The van der Waals surface area contributed by atoms with E-state index in [4.69, 9.17) is 4.74 Å². The molecule has 134 valence electrons. The van der Waals surface area contributed by atoms with Gasteiger partial charge in [0.25, 0.3) is 0 Å². The number of hydrogen-bond acceptors (Lipinski definition) is 5. The number of anilines is 1. The van der Waals surface area contributed by atoms with E-state index in [1.807, 2.05) is 22.9 Å². The summed E-state index contributed by atoms with van der Waals surface area (Å²) in [4.78, 5) is 25.7. The second kappa shape index (κ2) is 8.25. The molecule has 1 amide bonds. The summed E-state index contributed by atoms with van der Waals surface area (Å²) in [6.45, 7) is 1.99. The number of hydrogen-bond donors (Lipinski definition) is 1. The zero-order valence-electron chi connectivity index (χ0n) is 14.0. The number of carbonyl (C=O) groups excluding carboxylic acids is 2. The quantitative estimate of drug-likeness (QED) is 0.606. The molecule has 4 nitrogen and oxygen atoms in total. The van der Waals surface area contributed by atoms with E-state index in [9.17, 15) is 14.0 Å². The molecule has 3 aromatic rings. The van der Waals surface area contributed by atoms with E-state index < -0.39 is 5.97 Å². The molecule has 26 heavy (non-hydrogen) atoms. The van der Waals surface area contributed by atoms with Crippen LogP contribution in [0, 0.1) is 5.82 Å². The fourth-order valence-electron chi connectivity index (χ4n) is 2.43. The van der Waals surface area contributed by atoms with Crippen molar-refractivity contribution in [3.8, 4) is 10.4 Å². The number of thiophene rings is 2. The maximum Gasteiger partial charge on any atom is 0.341 e. The van der Waals surface area contributed by atoms with Gasteiger partial charge in [0.05, 0.1) is 13.0 Å². The lowest BCUT2D eigenvalue weighted by Crippen LogP contribution is -2.16. The summed E-state index contributed by atoms with van der Waals surface area (Å²) in [6, 6.07) is 9.57. The molecule has 3 rings (SSSR count). The topological polar surface area (TPSA) is 55.4 Å². The monoisotopic (exact) mass is 389 g/mol. The molecule has 0 spiro atoms. The van der Waals surface area contributed by atoms with Crippen LogP contribution in [0.3, 0.4) is 0 Å². The molecule has 2 heterocycles. The second-order valence-electron chi connectivity index (χ2n) is 5.40. The molecule has 0 aliphatic carbocycles. The van der Waals surface area contributed by atoms with E-state index in [-0.39, 0.29) is 24.8 Å². The first-order valence-electron chi connectivity index (χ1n) is 7.95. The number of amides is 1. The van der Waals surface area contributed by atoms with Crippen molar-refractivity contribution in [2.24, 2.45) is 0 Å². The van der Waals surface area contributed by atoms with Crippen LogP contribution in [0.5, 0.6) is 0 Å². The zero-order chi connectivity index (χ0) is 18.5. The molecule has 0 atom stereocenters. The van der Waals surface area contributed by atoms with Gasteiger partial charge in [-0.3, -0.25) is 4.79 Å². The fourth-order valence-corrected chi connectivity index (χ4v) is 4.22. The third kappa shape index (κ3) is 4.17. The summed E-state index contributed by atoms with van der Waals surface area (Å²) < 4.78 is 18.1. The van der Waals surface area contributed by atoms with Gasteiger partial charge in [0.15, 0.2) is 0 Å². The molecule has 2 aromatic heterocycles. The smallest absolute Gasteiger partial charge is 0.341 e. The Morgan fingerprint density at radius 3 is 2.58 bits per heavy atom. The average molecular weight is 389 g/mol. The lowest BCUT2D eigenvalue weighted by atomic mass is 10.1. The third-order valence-corrected chi connectivity index (χ3v) is 5.39. The van der Waals surface area contributed by atoms with Crippen LogP contribution in [0.2, 0.25) is 0 Å². The SMILES string of the molecule is CCOC(=O)c1c(-c2cccs2)csc1NC(=O)Cc1ccc(F)cc1. The number of rotatable bonds is 6. The highest BCUT2D eigenvalue weighted by Crippen LogP contribution is 2.38. The van der Waals surface area contributed by atoms with Crippen LogP contribution in [0.4, 0.5) is 9.39 Å².